The first-order chi connectivity index (χ1) is 9.14. The highest BCUT2D eigenvalue weighted by atomic mass is 28.3. The van der Waals surface area contributed by atoms with E-state index in [9.17, 15) is 0 Å². The van der Waals surface area contributed by atoms with Crippen LogP contribution < -0.4 is 5.40 Å². The molecular weight excluding hydrogens is 248 g/mol. The van der Waals surface area contributed by atoms with Crippen molar-refractivity contribution in [3.8, 4) is 0 Å². The highest BCUT2D eigenvalue weighted by molar-refractivity contribution is 6.74. The fourth-order valence-corrected chi connectivity index (χ4v) is 6.68. The van der Waals surface area contributed by atoms with Crippen molar-refractivity contribution < 1.29 is 0 Å². The van der Waals surface area contributed by atoms with Crippen LogP contribution in [0.2, 0.25) is 12.1 Å². The largest absolute Gasteiger partial charge is 0.339 e. The maximum Gasteiger partial charge on any atom is 0.201 e. The van der Waals surface area contributed by atoms with E-state index in [2.05, 4.69) is 32.3 Å². The molecule has 0 aliphatic rings. The summed E-state index contributed by atoms with van der Waals surface area (Å²) in [6.07, 6.45) is 10.4. The van der Waals surface area contributed by atoms with E-state index in [0.717, 1.165) is 0 Å². The van der Waals surface area contributed by atoms with Gasteiger partial charge in [-0.1, -0.05) is 66.2 Å². The van der Waals surface area contributed by atoms with Crippen molar-refractivity contribution in [2.24, 2.45) is 5.40 Å². The van der Waals surface area contributed by atoms with Gasteiger partial charge in [0.15, 0.2) is 0 Å². The Kier molecular flexibility index (Phi) is 12.0. The molecule has 0 fully saturated rings. The third-order valence-corrected chi connectivity index (χ3v) is 8.27. The number of nitrogens with two attached hydrogens (primary N) is 1. The van der Waals surface area contributed by atoms with E-state index < -0.39 is 8.40 Å². The third kappa shape index (κ3) is 8.11. The molecule has 2 N–H and O–H groups in total. The molecule has 0 saturated carbocycles. The van der Waals surface area contributed by atoms with Gasteiger partial charge in [0, 0.05) is 0 Å². The van der Waals surface area contributed by atoms with Crippen molar-refractivity contribution in [3.05, 3.63) is 0 Å². The molecule has 0 radical (unpaired) electrons. The van der Waals surface area contributed by atoms with Crippen LogP contribution in [0.3, 0.4) is 0 Å². The third-order valence-electron chi connectivity index (χ3n) is 4.12. The Morgan fingerprint density at radius 3 is 1.37 bits per heavy atom. The van der Waals surface area contributed by atoms with E-state index in [4.69, 9.17) is 5.40 Å². The predicted octanol–water partition coefficient (Wildman–Crippen LogP) is 4.89. The molecule has 0 saturated heterocycles. The molecule has 116 valence electrons. The van der Waals surface area contributed by atoms with Crippen molar-refractivity contribution in [1.82, 2.24) is 4.57 Å². The van der Waals surface area contributed by atoms with Gasteiger partial charge < -0.3 is 9.96 Å². The number of hydrogen-bond donors (Lipinski definition) is 1. The Morgan fingerprint density at radius 2 is 1.05 bits per heavy atom. The van der Waals surface area contributed by atoms with Gasteiger partial charge in [0.2, 0.25) is 8.40 Å². The lowest BCUT2D eigenvalue weighted by atomic mass is 10.3. The summed E-state index contributed by atoms with van der Waals surface area (Å²) in [7, 11) is -1.66. The molecule has 0 aromatic carbocycles. The van der Waals surface area contributed by atoms with Crippen LogP contribution in [0.25, 0.3) is 0 Å². The van der Waals surface area contributed by atoms with Crippen molar-refractivity contribution in [2.75, 3.05) is 13.1 Å². The molecule has 2 nitrogen and oxygen atoms in total. The second-order valence-electron chi connectivity index (χ2n) is 6.00. The van der Waals surface area contributed by atoms with Crippen LogP contribution in [0.5, 0.6) is 0 Å². The zero-order valence-corrected chi connectivity index (χ0v) is 15.0. The van der Waals surface area contributed by atoms with Gasteiger partial charge in [-0.05, 0) is 38.0 Å². The van der Waals surface area contributed by atoms with Gasteiger partial charge >= 0.3 is 0 Å². The lowest BCUT2D eigenvalue weighted by Gasteiger charge is -2.39. The maximum atomic E-state index is 6.96. The molecular formula is C16H38N2Si. The zero-order chi connectivity index (χ0) is 14.6. The van der Waals surface area contributed by atoms with Crippen LogP contribution in [0.4, 0.5) is 0 Å². The fraction of sp³-hybridized carbons (Fsp3) is 1.00. The number of nitrogens with zero attached hydrogens (tertiary/aromatic N) is 1. The van der Waals surface area contributed by atoms with Crippen LogP contribution >= 0.6 is 0 Å². The molecule has 0 spiro atoms. The van der Waals surface area contributed by atoms with Gasteiger partial charge in [0.25, 0.3) is 0 Å². The summed E-state index contributed by atoms with van der Waals surface area (Å²) in [6, 6.07) is 2.61. The molecule has 0 atom stereocenters. The molecule has 19 heavy (non-hydrogen) atoms. The minimum atomic E-state index is -1.66. The lowest BCUT2D eigenvalue weighted by Crippen LogP contribution is -2.61. The second kappa shape index (κ2) is 11.9. The maximum absolute atomic E-state index is 6.96. The average Bonchev–Trinajstić information content (AvgIpc) is 2.43. The van der Waals surface area contributed by atoms with Crippen molar-refractivity contribution in [2.45, 2.75) is 91.1 Å². The van der Waals surface area contributed by atoms with Crippen LogP contribution in [0, 0.1) is 0 Å². The molecule has 3 heteroatoms. The van der Waals surface area contributed by atoms with Gasteiger partial charge in [-0.3, -0.25) is 0 Å². The first kappa shape index (κ1) is 19.1. The number of hydrogen-bond acceptors (Lipinski definition) is 2. The van der Waals surface area contributed by atoms with Crippen LogP contribution in [-0.2, 0) is 0 Å². The second-order valence-corrected chi connectivity index (χ2v) is 9.84. The molecule has 0 rings (SSSR count). The van der Waals surface area contributed by atoms with E-state index in [-0.39, 0.29) is 0 Å². The molecule has 0 amide bonds. The van der Waals surface area contributed by atoms with E-state index in [1.807, 2.05) is 0 Å². The first-order valence-electron chi connectivity index (χ1n) is 8.68. The lowest BCUT2D eigenvalue weighted by molar-refractivity contribution is 0.388. The van der Waals surface area contributed by atoms with E-state index in [1.54, 1.807) is 0 Å². The van der Waals surface area contributed by atoms with Crippen LogP contribution in [-0.4, -0.2) is 26.1 Å². The predicted molar refractivity (Wildman–Crippen MR) is 90.8 cm³/mol. The Bertz CT molecular complexity index is 181. The molecule has 0 aromatic rings. The van der Waals surface area contributed by atoms with Crippen molar-refractivity contribution >= 4 is 8.40 Å². The van der Waals surface area contributed by atoms with E-state index >= 15 is 0 Å². The normalized spacial score (nSPS) is 12.3. The van der Waals surface area contributed by atoms with Crippen molar-refractivity contribution in [3.63, 3.8) is 0 Å². The Hall–Kier alpha value is 0.137. The standard InChI is InChI=1S/C16H38N2Si/c1-5-9-13-18(14-10-6-2)19(17,15-11-7-3)16-12-8-4/h5-17H2,1-4H3. The monoisotopic (exact) mass is 286 g/mol. The molecule has 0 aliphatic heterocycles. The van der Waals surface area contributed by atoms with Gasteiger partial charge in [0.05, 0.1) is 0 Å². The molecule has 0 heterocycles. The minimum Gasteiger partial charge on any atom is -0.339 e. The number of unbranched alkanes of at least 4 members (excludes halogenated alkanes) is 4. The van der Waals surface area contributed by atoms with E-state index in [1.165, 1.54) is 76.5 Å². The summed E-state index contributed by atoms with van der Waals surface area (Å²) in [5.41, 5.74) is 0. The fourth-order valence-electron chi connectivity index (χ4n) is 2.66. The van der Waals surface area contributed by atoms with Crippen molar-refractivity contribution in [1.29, 1.82) is 0 Å². The highest BCUT2D eigenvalue weighted by Crippen LogP contribution is 2.22. The quantitative estimate of drug-likeness (QED) is 0.488. The minimum absolute atomic E-state index is 1.24. The summed E-state index contributed by atoms with van der Waals surface area (Å²) < 4.78 is 2.74. The highest BCUT2D eigenvalue weighted by Gasteiger charge is 2.34. The van der Waals surface area contributed by atoms with Gasteiger partial charge in [-0.15, -0.1) is 0 Å². The van der Waals surface area contributed by atoms with Gasteiger partial charge in [-0.2, -0.15) is 0 Å². The Balaban J connectivity index is 4.64. The molecule has 0 bridgehead atoms. The van der Waals surface area contributed by atoms with Gasteiger partial charge in [-0.25, -0.2) is 0 Å². The summed E-state index contributed by atoms with van der Waals surface area (Å²) in [6.45, 7) is 11.6. The summed E-state index contributed by atoms with van der Waals surface area (Å²) in [5.74, 6) is 0. The molecule has 0 aromatic heterocycles. The smallest absolute Gasteiger partial charge is 0.201 e. The summed E-state index contributed by atoms with van der Waals surface area (Å²) in [4.78, 5) is 0. The zero-order valence-electron chi connectivity index (χ0n) is 14.0. The van der Waals surface area contributed by atoms with Crippen LogP contribution in [0.15, 0.2) is 0 Å². The Morgan fingerprint density at radius 1 is 0.684 bits per heavy atom. The van der Waals surface area contributed by atoms with E-state index in [0.29, 0.717) is 0 Å². The first-order valence-corrected chi connectivity index (χ1v) is 11.1. The number of rotatable bonds is 13. The summed E-state index contributed by atoms with van der Waals surface area (Å²) in [5, 5.41) is 6.96. The van der Waals surface area contributed by atoms with Crippen LogP contribution in [0.1, 0.15) is 79.1 Å². The summed E-state index contributed by atoms with van der Waals surface area (Å²) >= 11 is 0. The average molecular weight is 287 g/mol. The molecule has 0 unspecified atom stereocenters. The topological polar surface area (TPSA) is 29.3 Å². The van der Waals surface area contributed by atoms with Gasteiger partial charge in [0.1, 0.15) is 0 Å². The SMILES string of the molecule is CCCCN(CCCC)[Si](N)(CCCC)CCCC. The Labute approximate surface area is 123 Å². The molecule has 0 aliphatic carbocycles.